The largest absolute Gasteiger partial charge is 0.411 e. The van der Waals surface area contributed by atoms with Gasteiger partial charge in [-0.25, -0.2) is 13.2 Å². The van der Waals surface area contributed by atoms with E-state index in [0.29, 0.717) is 17.2 Å². The van der Waals surface area contributed by atoms with Crippen molar-refractivity contribution in [1.82, 2.24) is 15.0 Å². The van der Waals surface area contributed by atoms with Crippen LogP contribution < -0.4 is 0 Å². The number of oxime groups is 1. The summed E-state index contributed by atoms with van der Waals surface area (Å²) in [6.07, 6.45) is 3.81. The lowest BCUT2D eigenvalue weighted by Crippen LogP contribution is -2.34. The van der Waals surface area contributed by atoms with Gasteiger partial charge >= 0.3 is 0 Å². The van der Waals surface area contributed by atoms with Crippen LogP contribution in [-0.2, 0) is 0 Å². The van der Waals surface area contributed by atoms with Crippen molar-refractivity contribution in [1.29, 1.82) is 0 Å². The highest BCUT2D eigenvalue weighted by atomic mass is 19.1. The summed E-state index contributed by atoms with van der Waals surface area (Å²) >= 11 is 0. The molecule has 2 aliphatic rings. The minimum atomic E-state index is -0.679. The van der Waals surface area contributed by atoms with E-state index in [-0.39, 0.29) is 17.3 Å². The van der Waals surface area contributed by atoms with Gasteiger partial charge in [0, 0.05) is 34.9 Å². The monoisotopic (exact) mass is 488 g/mol. The van der Waals surface area contributed by atoms with E-state index in [2.05, 4.69) is 27.2 Å². The van der Waals surface area contributed by atoms with E-state index in [9.17, 15) is 13.2 Å². The molecule has 0 bridgehead atoms. The van der Waals surface area contributed by atoms with Crippen LogP contribution in [0.15, 0.2) is 46.1 Å². The minimum Gasteiger partial charge on any atom is -0.411 e. The number of rotatable bonds is 3. The molecule has 0 aliphatic carbocycles. The van der Waals surface area contributed by atoms with E-state index < -0.39 is 11.6 Å². The maximum Gasteiger partial charge on any atom is 0.170 e. The topological polar surface area (TPSA) is 65.1 Å². The standard InChI is InChI=1S/C13H16F2N2O.C13H15FN2O/c1-17-6-4-9(5-7-17)13(16-18)11-3-2-10(14)8-12(11)15;1-16-6-4-9(5-7-16)13-11-3-2-10(14)8-12(11)17-15-13/h2-3,8-9,18H,4-7H2,1H3;2-3,8-9H,4-7H2,1H3. The lowest BCUT2D eigenvalue weighted by Gasteiger charge is -2.29. The molecule has 2 aliphatic heterocycles. The fraction of sp³-hybridized carbons (Fsp3) is 0.462. The molecule has 188 valence electrons. The Morgan fingerprint density at radius 3 is 2.14 bits per heavy atom. The van der Waals surface area contributed by atoms with Crippen LogP contribution in [0.25, 0.3) is 11.0 Å². The molecule has 3 heterocycles. The van der Waals surface area contributed by atoms with Crippen molar-refractivity contribution >= 4 is 16.7 Å². The van der Waals surface area contributed by atoms with Crippen LogP contribution in [0, 0.1) is 23.4 Å². The minimum absolute atomic E-state index is 0.0196. The summed E-state index contributed by atoms with van der Waals surface area (Å²) in [5, 5.41) is 17.4. The van der Waals surface area contributed by atoms with Gasteiger partial charge in [0.25, 0.3) is 0 Å². The van der Waals surface area contributed by atoms with Crippen molar-refractivity contribution in [2.45, 2.75) is 31.6 Å². The average molecular weight is 489 g/mol. The van der Waals surface area contributed by atoms with Gasteiger partial charge in [-0.15, -0.1) is 0 Å². The third-order valence-corrected chi connectivity index (χ3v) is 6.99. The highest BCUT2D eigenvalue weighted by molar-refractivity contribution is 6.02. The van der Waals surface area contributed by atoms with Crippen molar-refractivity contribution < 1.29 is 22.9 Å². The van der Waals surface area contributed by atoms with Gasteiger partial charge in [-0.3, -0.25) is 0 Å². The zero-order chi connectivity index (χ0) is 24.9. The molecule has 0 saturated carbocycles. The van der Waals surface area contributed by atoms with Gasteiger partial charge in [-0.05, 0) is 90.2 Å². The first-order chi connectivity index (χ1) is 16.9. The fourth-order valence-electron chi connectivity index (χ4n) is 4.84. The lowest BCUT2D eigenvalue weighted by atomic mass is 9.88. The number of benzene rings is 2. The van der Waals surface area contributed by atoms with E-state index in [1.54, 1.807) is 6.07 Å². The molecule has 0 unspecified atom stereocenters. The molecule has 2 saturated heterocycles. The van der Waals surface area contributed by atoms with Gasteiger partial charge in [0.1, 0.15) is 17.5 Å². The SMILES string of the molecule is CN1CCC(C(=NO)c2ccc(F)cc2F)CC1.CN1CCC(c2noc3cc(F)ccc23)CC1. The molecule has 35 heavy (non-hydrogen) atoms. The Morgan fingerprint density at radius 2 is 1.51 bits per heavy atom. The molecule has 1 aromatic heterocycles. The number of fused-ring (bicyclic) bond motifs is 1. The number of piperidine rings is 2. The Hall–Kier alpha value is -2.91. The summed E-state index contributed by atoms with van der Waals surface area (Å²) in [4.78, 5) is 4.49. The Kier molecular flexibility index (Phi) is 8.07. The molecule has 5 rings (SSSR count). The van der Waals surface area contributed by atoms with Gasteiger partial charge < -0.3 is 19.5 Å². The highest BCUT2D eigenvalue weighted by Gasteiger charge is 2.26. The smallest absolute Gasteiger partial charge is 0.170 e. The average Bonchev–Trinajstić information content (AvgIpc) is 3.26. The second-order valence-electron chi connectivity index (χ2n) is 9.47. The highest BCUT2D eigenvalue weighted by Crippen LogP contribution is 2.32. The van der Waals surface area contributed by atoms with Crippen molar-refractivity contribution in [3.05, 3.63) is 65.1 Å². The molecule has 9 heteroatoms. The first-order valence-corrected chi connectivity index (χ1v) is 11.9. The van der Waals surface area contributed by atoms with Crippen molar-refractivity contribution in [3.63, 3.8) is 0 Å². The summed E-state index contributed by atoms with van der Waals surface area (Å²) in [5.41, 5.74) is 2.06. The Bertz CT molecular complexity index is 1170. The van der Waals surface area contributed by atoms with Crippen molar-refractivity contribution in [3.8, 4) is 0 Å². The van der Waals surface area contributed by atoms with Crippen LogP contribution >= 0.6 is 0 Å². The molecule has 0 spiro atoms. The maximum absolute atomic E-state index is 13.7. The summed E-state index contributed by atoms with van der Waals surface area (Å²) in [6.45, 7) is 3.93. The van der Waals surface area contributed by atoms with Crippen molar-refractivity contribution in [2.24, 2.45) is 11.1 Å². The quantitative estimate of drug-likeness (QED) is 0.310. The van der Waals surface area contributed by atoms with E-state index >= 15 is 0 Å². The van der Waals surface area contributed by atoms with Gasteiger partial charge in [-0.1, -0.05) is 10.3 Å². The Balaban J connectivity index is 0.000000165. The van der Waals surface area contributed by atoms with Gasteiger partial charge in [0.05, 0.1) is 11.4 Å². The molecule has 6 nitrogen and oxygen atoms in total. The molecule has 2 fully saturated rings. The van der Waals surface area contributed by atoms with Gasteiger partial charge in [-0.2, -0.15) is 0 Å². The normalized spacial score (nSPS) is 19.1. The van der Waals surface area contributed by atoms with Crippen LogP contribution in [0.4, 0.5) is 13.2 Å². The summed E-state index contributed by atoms with van der Waals surface area (Å²) in [5.74, 6) is -1.12. The predicted molar refractivity (Wildman–Crippen MR) is 128 cm³/mol. The third kappa shape index (κ3) is 6.02. The summed E-state index contributed by atoms with van der Waals surface area (Å²) in [7, 11) is 4.15. The predicted octanol–water partition coefficient (Wildman–Crippen LogP) is 5.26. The maximum atomic E-state index is 13.7. The van der Waals surface area contributed by atoms with E-state index in [1.165, 1.54) is 24.3 Å². The number of hydrogen-bond donors (Lipinski definition) is 1. The van der Waals surface area contributed by atoms with E-state index in [4.69, 9.17) is 9.73 Å². The fourth-order valence-corrected chi connectivity index (χ4v) is 4.84. The number of likely N-dealkylation sites (tertiary alicyclic amines) is 2. The van der Waals surface area contributed by atoms with Crippen LogP contribution in [0.1, 0.15) is 42.9 Å². The van der Waals surface area contributed by atoms with Gasteiger partial charge in [0.15, 0.2) is 5.58 Å². The molecule has 2 aromatic carbocycles. The van der Waals surface area contributed by atoms with Crippen LogP contribution in [0.5, 0.6) is 0 Å². The molecule has 0 radical (unpaired) electrons. The third-order valence-electron chi connectivity index (χ3n) is 6.99. The summed E-state index contributed by atoms with van der Waals surface area (Å²) in [6, 6.07) is 7.97. The number of hydrogen-bond acceptors (Lipinski definition) is 6. The zero-order valence-corrected chi connectivity index (χ0v) is 20.1. The zero-order valence-electron chi connectivity index (χ0n) is 20.1. The number of aromatic nitrogens is 1. The summed E-state index contributed by atoms with van der Waals surface area (Å²) < 4.78 is 44.8. The second-order valence-corrected chi connectivity index (χ2v) is 9.47. The lowest BCUT2D eigenvalue weighted by molar-refractivity contribution is 0.246. The molecule has 3 aromatic rings. The van der Waals surface area contributed by atoms with Gasteiger partial charge in [0.2, 0.25) is 0 Å². The second kappa shape index (κ2) is 11.2. The van der Waals surface area contributed by atoms with Crippen LogP contribution in [0.3, 0.4) is 0 Å². The molecule has 1 N–H and O–H groups in total. The molecular weight excluding hydrogens is 457 g/mol. The van der Waals surface area contributed by atoms with Crippen LogP contribution in [0.2, 0.25) is 0 Å². The van der Waals surface area contributed by atoms with E-state index in [1.807, 2.05) is 7.05 Å². The molecular formula is C26H31F3N4O2. The first kappa shape index (κ1) is 25.2. The number of halogens is 3. The van der Waals surface area contributed by atoms with Crippen LogP contribution in [-0.4, -0.2) is 66.1 Å². The van der Waals surface area contributed by atoms with E-state index in [0.717, 1.165) is 69.0 Å². The molecule has 0 atom stereocenters. The Labute approximate surface area is 203 Å². The number of nitrogens with zero attached hydrogens (tertiary/aromatic N) is 4. The first-order valence-electron chi connectivity index (χ1n) is 11.9. The Morgan fingerprint density at radius 1 is 0.914 bits per heavy atom. The molecule has 0 amide bonds. The van der Waals surface area contributed by atoms with Crippen molar-refractivity contribution in [2.75, 3.05) is 40.3 Å².